The lowest BCUT2D eigenvalue weighted by molar-refractivity contribution is 0.104. The van der Waals surface area contributed by atoms with Gasteiger partial charge in [-0.1, -0.05) is 17.3 Å². The van der Waals surface area contributed by atoms with E-state index in [0.29, 0.717) is 28.3 Å². The van der Waals surface area contributed by atoms with Crippen LogP contribution >= 0.6 is 0 Å². The number of methoxy groups -OCH3 is 1. The van der Waals surface area contributed by atoms with E-state index in [1.165, 1.54) is 31.5 Å². The molecule has 30 heavy (non-hydrogen) atoms. The molecule has 0 unspecified atom stereocenters. The quantitative estimate of drug-likeness (QED) is 0.417. The van der Waals surface area contributed by atoms with Gasteiger partial charge < -0.3 is 19.3 Å². The average molecular weight is 426 g/mol. The zero-order valence-electron chi connectivity index (χ0n) is 16.6. The van der Waals surface area contributed by atoms with E-state index in [-0.39, 0.29) is 16.6 Å². The van der Waals surface area contributed by atoms with Gasteiger partial charge in [0.2, 0.25) is 0 Å². The lowest BCUT2D eigenvalue weighted by atomic mass is 10.1. The first-order chi connectivity index (χ1) is 14.3. The van der Waals surface area contributed by atoms with E-state index in [4.69, 9.17) is 9.26 Å². The Morgan fingerprint density at radius 2 is 1.90 bits per heavy atom. The van der Waals surface area contributed by atoms with Gasteiger partial charge in [-0.05, 0) is 55.8 Å². The highest BCUT2D eigenvalue weighted by molar-refractivity contribution is 7.94. The van der Waals surface area contributed by atoms with Crippen LogP contribution in [0.15, 0.2) is 70.2 Å². The molecular formula is C21H20N3O5S-. The number of rotatable bonds is 8. The van der Waals surface area contributed by atoms with Crippen LogP contribution in [0.3, 0.4) is 0 Å². The Labute approximate surface area is 174 Å². The number of ketones is 1. The minimum atomic E-state index is -3.94. The van der Waals surface area contributed by atoms with Gasteiger partial charge in [0, 0.05) is 23.5 Å². The highest BCUT2D eigenvalue weighted by atomic mass is 32.2. The van der Waals surface area contributed by atoms with E-state index in [1.54, 1.807) is 50.2 Å². The summed E-state index contributed by atoms with van der Waals surface area (Å²) in [6.07, 6.45) is 2.86. The van der Waals surface area contributed by atoms with E-state index >= 15 is 0 Å². The van der Waals surface area contributed by atoms with Crippen molar-refractivity contribution in [3.05, 3.63) is 82.3 Å². The molecule has 0 aliphatic heterocycles. The predicted octanol–water partition coefficient (Wildman–Crippen LogP) is 4.50. The van der Waals surface area contributed by atoms with Gasteiger partial charge in [-0.15, -0.1) is 0 Å². The van der Waals surface area contributed by atoms with Gasteiger partial charge in [0.1, 0.15) is 15.8 Å². The molecule has 0 radical (unpaired) electrons. The van der Waals surface area contributed by atoms with Gasteiger partial charge in [0.05, 0.1) is 23.6 Å². The molecule has 0 saturated carbocycles. The molecular weight excluding hydrogens is 406 g/mol. The van der Waals surface area contributed by atoms with Crippen LogP contribution in [-0.2, 0) is 10.0 Å². The number of hydrogen-bond donors (Lipinski definition) is 1. The Bertz CT molecular complexity index is 1180. The molecule has 0 aliphatic rings. The van der Waals surface area contributed by atoms with E-state index < -0.39 is 10.0 Å². The standard InChI is InChI=1S/C21H21N3O5S/c1-14-15(2)23-29-21(14)24-30(26,27)19-9-7-17(8-10-19)22-12-11-20(25)16-5-4-6-18(13-16)28-3/h4-13H,1-3H3,(H2,22,23,24,25)/p-1. The molecule has 0 aliphatic carbocycles. The number of aryl methyl sites for hydroxylation is 1. The van der Waals surface area contributed by atoms with Gasteiger partial charge in [-0.3, -0.25) is 4.79 Å². The van der Waals surface area contributed by atoms with Crippen LogP contribution in [-0.4, -0.2) is 26.5 Å². The number of aromatic nitrogens is 1. The van der Waals surface area contributed by atoms with Crippen LogP contribution < -0.4 is 10.1 Å². The number of benzene rings is 2. The van der Waals surface area contributed by atoms with E-state index in [1.807, 2.05) is 0 Å². The van der Waals surface area contributed by atoms with E-state index in [9.17, 15) is 13.2 Å². The number of hydrogen-bond acceptors (Lipinski definition) is 7. The maximum Gasteiger partial charge on any atom is 0.187 e. The number of sulfonamides is 1. The summed E-state index contributed by atoms with van der Waals surface area (Å²) in [6.45, 7) is 3.39. The number of allylic oxidation sites excluding steroid dienone is 1. The molecule has 3 aromatic rings. The van der Waals surface area contributed by atoms with Gasteiger partial charge in [-0.2, -0.15) is 0 Å². The molecule has 156 valence electrons. The van der Waals surface area contributed by atoms with Crippen molar-refractivity contribution in [2.45, 2.75) is 18.7 Å². The number of nitrogens with zero attached hydrogens (tertiary/aromatic N) is 2. The van der Waals surface area contributed by atoms with Crippen LogP contribution in [0.5, 0.6) is 5.75 Å². The Balaban J connectivity index is 1.64. The van der Waals surface area contributed by atoms with Crippen molar-refractivity contribution < 1.29 is 22.5 Å². The number of carbonyl (C=O) groups excluding carboxylic acids is 1. The molecule has 0 spiro atoms. The normalized spacial score (nSPS) is 11.4. The maximum atomic E-state index is 12.4. The average Bonchev–Trinajstić information content (AvgIpc) is 3.05. The predicted molar refractivity (Wildman–Crippen MR) is 113 cm³/mol. The minimum Gasteiger partial charge on any atom is -0.539 e. The third-order valence-corrected chi connectivity index (χ3v) is 5.60. The molecule has 1 heterocycles. The second kappa shape index (κ2) is 8.83. The smallest absolute Gasteiger partial charge is 0.187 e. The molecule has 8 nitrogen and oxygen atoms in total. The molecule has 2 aromatic carbocycles. The Kier molecular flexibility index (Phi) is 6.22. The zero-order valence-corrected chi connectivity index (χ0v) is 17.4. The molecule has 0 saturated heterocycles. The number of carbonyl (C=O) groups is 1. The third kappa shape index (κ3) is 4.87. The van der Waals surface area contributed by atoms with Crippen LogP contribution in [0.2, 0.25) is 0 Å². The summed E-state index contributed by atoms with van der Waals surface area (Å²) in [5.41, 5.74) is 2.25. The second-order valence-corrected chi connectivity index (χ2v) is 7.97. The van der Waals surface area contributed by atoms with Crippen molar-refractivity contribution in [3.8, 4) is 5.75 Å². The van der Waals surface area contributed by atoms with Crippen LogP contribution in [0.25, 0.3) is 4.72 Å². The van der Waals surface area contributed by atoms with Crippen LogP contribution in [0.4, 0.5) is 11.6 Å². The molecule has 0 fully saturated rings. The fourth-order valence-electron chi connectivity index (χ4n) is 2.46. The minimum absolute atomic E-state index is 0.0120. The topological polar surface area (TPSA) is 113 Å². The number of anilines is 1. The van der Waals surface area contributed by atoms with Gasteiger partial charge in [-0.25, -0.2) is 8.42 Å². The molecule has 1 aromatic heterocycles. The van der Waals surface area contributed by atoms with Gasteiger partial charge >= 0.3 is 0 Å². The van der Waals surface area contributed by atoms with E-state index in [2.05, 4.69) is 15.2 Å². The first kappa shape index (κ1) is 21.1. The molecule has 0 atom stereocenters. The summed E-state index contributed by atoms with van der Waals surface area (Å²) in [6, 6.07) is 12.8. The summed E-state index contributed by atoms with van der Waals surface area (Å²) < 4.78 is 38.6. The first-order valence-corrected chi connectivity index (χ1v) is 10.4. The second-order valence-electron chi connectivity index (χ2n) is 6.36. The number of nitrogens with one attached hydrogen (secondary N) is 1. The Morgan fingerprint density at radius 1 is 1.17 bits per heavy atom. The number of ether oxygens (including phenoxy) is 1. The van der Waals surface area contributed by atoms with Crippen molar-refractivity contribution in [2.24, 2.45) is 0 Å². The molecule has 0 bridgehead atoms. The highest BCUT2D eigenvalue weighted by Gasteiger charge is 2.09. The third-order valence-electron chi connectivity index (χ3n) is 4.33. The lowest BCUT2D eigenvalue weighted by Gasteiger charge is -2.19. The first-order valence-electron chi connectivity index (χ1n) is 8.92. The summed E-state index contributed by atoms with van der Waals surface area (Å²) >= 11 is 0. The monoisotopic (exact) mass is 426 g/mol. The summed E-state index contributed by atoms with van der Waals surface area (Å²) in [5, 5.41) is 6.63. The highest BCUT2D eigenvalue weighted by Crippen LogP contribution is 2.32. The van der Waals surface area contributed by atoms with Crippen molar-refractivity contribution in [1.82, 2.24) is 5.16 Å². The lowest BCUT2D eigenvalue weighted by Crippen LogP contribution is -1.99. The van der Waals surface area contributed by atoms with Crippen LogP contribution in [0, 0.1) is 13.8 Å². The summed E-state index contributed by atoms with van der Waals surface area (Å²) in [5.74, 6) is 0.367. The molecule has 3 rings (SSSR count). The molecule has 1 N–H and O–H groups in total. The largest absolute Gasteiger partial charge is 0.539 e. The van der Waals surface area contributed by atoms with Crippen molar-refractivity contribution >= 4 is 27.4 Å². The van der Waals surface area contributed by atoms with E-state index in [0.717, 1.165) is 0 Å². The fourth-order valence-corrected chi connectivity index (χ4v) is 3.43. The Hall–Kier alpha value is -3.59. The summed E-state index contributed by atoms with van der Waals surface area (Å²) in [4.78, 5) is 12.2. The van der Waals surface area contributed by atoms with Crippen molar-refractivity contribution in [1.29, 1.82) is 0 Å². The van der Waals surface area contributed by atoms with Crippen LogP contribution in [0.1, 0.15) is 21.6 Å². The zero-order chi connectivity index (χ0) is 21.7. The maximum absolute atomic E-state index is 12.4. The summed E-state index contributed by atoms with van der Waals surface area (Å²) in [7, 11) is -2.40. The molecule has 0 amide bonds. The Morgan fingerprint density at radius 3 is 2.53 bits per heavy atom. The van der Waals surface area contributed by atoms with Crippen molar-refractivity contribution in [3.63, 3.8) is 0 Å². The fraction of sp³-hybridized carbons (Fsp3) is 0.143. The van der Waals surface area contributed by atoms with Crippen molar-refractivity contribution in [2.75, 3.05) is 12.4 Å². The molecule has 9 heteroatoms. The SMILES string of the molecule is COc1cccc(C(=O)/C=C/Nc2ccc(S(=O)(=O)[N-]c3onc(C)c3C)cc2)c1. The van der Waals surface area contributed by atoms with Gasteiger partial charge in [0.25, 0.3) is 0 Å². The van der Waals surface area contributed by atoms with Gasteiger partial charge in [0.15, 0.2) is 5.78 Å².